The highest BCUT2D eigenvalue weighted by Crippen LogP contribution is 2.17. The molecule has 29 heavy (non-hydrogen) atoms. The molecule has 1 aliphatic rings. The van der Waals surface area contributed by atoms with Crippen LogP contribution < -0.4 is 4.90 Å². The molecule has 1 aliphatic heterocycles. The molecule has 6 heteroatoms. The molecule has 6 nitrogen and oxygen atoms in total. The van der Waals surface area contributed by atoms with Gasteiger partial charge in [-0.2, -0.15) is 0 Å². The lowest BCUT2D eigenvalue weighted by Crippen LogP contribution is -2.36. The van der Waals surface area contributed by atoms with E-state index in [0.717, 1.165) is 37.4 Å². The summed E-state index contributed by atoms with van der Waals surface area (Å²) in [6.07, 6.45) is 3.27. The number of ether oxygens (including phenoxy) is 2. The van der Waals surface area contributed by atoms with Crippen LogP contribution in [0, 0.1) is 0 Å². The summed E-state index contributed by atoms with van der Waals surface area (Å²) in [5.74, 6) is -0.463. The van der Waals surface area contributed by atoms with Crippen LogP contribution in [-0.4, -0.2) is 57.2 Å². The van der Waals surface area contributed by atoms with Crippen molar-refractivity contribution in [3.63, 3.8) is 0 Å². The van der Waals surface area contributed by atoms with Crippen molar-refractivity contribution in [2.45, 2.75) is 6.54 Å². The molecule has 0 bridgehead atoms. The summed E-state index contributed by atoms with van der Waals surface area (Å²) in [5.41, 5.74) is 3.58. The number of benzene rings is 2. The molecular formula is C23H26N2O4. The summed E-state index contributed by atoms with van der Waals surface area (Å²) in [7, 11) is 3.13. The predicted molar refractivity (Wildman–Crippen MR) is 113 cm³/mol. The van der Waals surface area contributed by atoms with E-state index in [9.17, 15) is 9.59 Å². The smallest absolute Gasteiger partial charge is 0.337 e. The number of esters is 1. The van der Waals surface area contributed by atoms with Crippen LogP contribution in [0.3, 0.4) is 0 Å². The van der Waals surface area contributed by atoms with Crippen LogP contribution in [0.4, 0.5) is 5.69 Å². The molecule has 0 radical (unpaired) electrons. The minimum Gasteiger partial charge on any atom is -0.465 e. The first-order valence-electron chi connectivity index (χ1n) is 9.60. The fourth-order valence-corrected chi connectivity index (χ4v) is 3.13. The number of likely N-dealkylation sites (N-methyl/N-ethyl adjacent to an activating group) is 1. The van der Waals surface area contributed by atoms with Gasteiger partial charge >= 0.3 is 5.97 Å². The van der Waals surface area contributed by atoms with Crippen molar-refractivity contribution in [3.05, 3.63) is 71.3 Å². The quantitative estimate of drug-likeness (QED) is 0.557. The Labute approximate surface area is 171 Å². The number of anilines is 1. The van der Waals surface area contributed by atoms with E-state index in [1.165, 1.54) is 18.9 Å². The Hall–Kier alpha value is -3.12. The van der Waals surface area contributed by atoms with Gasteiger partial charge in [-0.25, -0.2) is 4.79 Å². The van der Waals surface area contributed by atoms with E-state index in [0.29, 0.717) is 12.1 Å². The lowest BCUT2D eigenvalue weighted by Gasteiger charge is -2.29. The number of methoxy groups -OCH3 is 1. The minimum atomic E-state index is -0.379. The van der Waals surface area contributed by atoms with Crippen molar-refractivity contribution in [3.8, 4) is 0 Å². The van der Waals surface area contributed by atoms with Crippen LogP contribution in [0.1, 0.15) is 21.5 Å². The Morgan fingerprint density at radius 3 is 2.34 bits per heavy atom. The third kappa shape index (κ3) is 5.68. The van der Waals surface area contributed by atoms with Gasteiger partial charge in [0.1, 0.15) is 0 Å². The van der Waals surface area contributed by atoms with Crippen LogP contribution in [0.5, 0.6) is 0 Å². The molecule has 0 aliphatic carbocycles. The molecule has 0 spiro atoms. The SMILES string of the molecule is COC(=O)c1ccc(/C=C/C(=O)N(C)Cc2ccc(N3CCOCC3)cc2)cc1. The summed E-state index contributed by atoms with van der Waals surface area (Å²) < 4.78 is 10.1. The summed E-state index contributed by atoms with van der Waals surface area (Å²) in [4.78, 5) is 27.8. The highest BCUT2D eigenvalue weighted by molar-refractivity contribution is 5.92. The molecule has 3 rings (SSSR count). The molecule has 1 amide bonds. The van der Waals surface area contributed by atoms with E-state index < -0.39 is 0 Å². The molecular weight excluding hydrogens is 368 g/mol. The fourth-order valence-electron chi connectivity index (χ4n) is 3.13. The molecule has 1 heterocycles. The number of amides is 1. The summed E-state index contributed by atoms with van der Waals surface area (Å²) in [6.45, 7) is 3.87. The molecule has 0 atom stereocenters. The zero-order valence-electron chi connectivity index (χ0n) is 16.8. The number of hydrogen-bond acceptors (Lipinski definition) is 5. The van der Waals surface area contributed by atoms with Crippen molar-refractivity contribution < 1.29 is 19.1 Å². The van der Waals surface area contributed by atoms with Crippen molar-refractivity contribution in [1.29, 1.82) is 0 Å². The second-order valence-corrected chi connectivity index (χ2v) is 6.91. The first-order chi connectivity index (χ1) is 14.1. The molecule has 2 aromatic carbocycles. The van der Waals surface area contributed by atoms with Crippen LogP contribution >= 0.6 is 0 Å². The topological polar surface area (TPSA) is 59.1 Å². The van der Waals surface area contributed by atoms with Crippen molar-refractivity contribution >= 4 is 23.6 Å². The van der Waals surface area contributed by atoms with Crippen molar-refractivity contribution in [1.82, 2.24) is 4.90 Å². The number of morpholine rings is 1. The number of rotatable bonds is 6. The maximum atomic E-state index is 12.4. The van der Waals surface area contributed by atoms with Gasteiger partial charge < -0.3 is 19.3 Å². The Bertz CT molecular complexity index is 853. The minimum absolute atomic E-state index is 0.0840. The first kappa shape index (κ1) is 20.6. The average molecular weight is 394 g/mol. The van der Waals surface area contributed by atoms with Gasteiger partial charge in [-0.1, -0.05) is 24.3 Å². The highest BCUT2D eigenvalue weighted by Gasteiger charge is 2.11. The largest absolute Gasteiger partial charge is 0.465 e. The van der Waals surface area contributed by atoms with Gasteiger partial charge in [0.05, 0.1) is 25.9 Å². The summed E-state index contributed by atoms with van der Waals surface area (Å²) >= 11 is 0. The molecule has 1 fully saturated rings. The van der Waals surface area contributed by atoms with Crippen LogP contribution in [0.25, 0.3) is 6.08 Å². The lowest BCUT2D eigenvalue weighted by atomic mass is 10.1. The van der Waals surface area contributed by atoms with E-state index in [2.05, 4.69) is 33.9 Å². The Morgan fingerprint density at radius 1 is 1.07 bits per heavy atom. The number of carbonyl (C=O) groups excluding carboxylic acids is 2. The van der Waals surface area contributed by atoms with Gasteiger partial charge in [-0.3, -0.25) is 4.79 Å². The Kier molecular flexibility index (Phi) is 7.03. The molecule has 0 N–H and O–H groups in total. The van der Waals surface area contributed by atoms with E-state index in [-0.39, 0.29) is 11.9 Å². The van der Waals surface area contributed by atoms with E-state index in [1.807, 2.05) is 0 Å². The van der Waals surface area contributed by atoms with Gasteiger partial charge in [0.15, 0.2) is 0 Å². The monoisotopic (exact) mass is 394 g/mol. The van der Waals surface area contributed by atoms with Gasteiger partial charge in [-0.05, 0) is 41.5 Å². The zero-order valence-corrected chi connectivity index (χ0v) is 16.8. The molecule has 0 saturated carbocycles. The van der Waals surface area contributed by atoms with Gasteiger partial charge in [-0.15, -0.1) is 0 Å². The van der Waals surface area contributed by atoms with Crippen molar-refractivity contribution in [2.75, 3.05) is 45.4 Å². The van der Waals surface area contributed by atoms with Crippen LogP contribution in [0.2, 0.25) is 0 Å². The first-order valence-corrected chi connectivity index (χ1v) is 9.60. The third-order valence-corrected chi connectivity index (χ3v) is 4.86. The highest BCUT2D eigenvalue weighted by atomic mass is 16.5. The molecule has 2 aromatic rings. The lowest BCUT2D eigenvalue weighted by molar-refractivity contribution is -0.125. The standard InChI is InChI=1S/C23H26N2O4/c1-24(17-19-5-10-21(11-6-19)25-13-15-29-16-14-25)22(26)12-7-18-3-8-20(9-4-18)23(27)28-2/h3-12H,13-17H2,1-2H3/b12-7+. The molecule has 152 valence electrons. The zero-order chi connectivity index (χ0) is 20.6. The summed E-state index contributed by atoms with van der Waals surface area (Å²) in [6, 6.07) is 15.2. The number of carbonyl (C=O) groups is 2. The second kappa shape index (κ2) is 9.89. The van der Waals surface area contributed by atoms with Gasteiger partial charge in [0.25, 0.3) is 0 Å². The average Bonchev–Trinajstić information content (AvgIpc) is 2.78. The third-order valence-electron chi connectivity index (χ3n) is 4.86. The normalized spacial score (nSPS) is 14.1. The van der Waals surface area contributed by atoms with Crippen LogP contribution in [0.15, 0.2) is 54.6 Å². The maximum absolute atomic E-state index is 12.4. The number of hydrogen-bond donors (Lipinski definition) is 0. The number of nitrogens with zero attached hydrogens (tertiary/aromatic N) is 2. The van der Waals surface area contributed by atoms with Crippen LogP contribution in [-0.2, 0) is 20.8 Å². The van der Waals surface area contributed by atoms with E-state index in [4.69, 9.17) is 4.74 Å². The van der Waals surface area contributed by atoms with Gasteiger partial charge in [0, 0.05) is 38.4 Å². The van der Waals surface area contributed by atoms with E-state index >= 15 is 0 Å². The van der Waals surface area contributed by atoms with Crippen molar-refractivity contribution in [2.24, 2.45) is 0 Å². The molecule has 0 aromatic heterocycles. The van der Waals surface area contributed by atoms with E-state index in [1.54, 1.807) is 42.3 Å². The molecule has 1 saturated heterocycles. The van der Waals surface area contributed by atoms with Gasteiger partial charge in [0.2, 0.25) is 5.91 Å². The summed E-state index contributed by atoms with van der Waals surface area (Å²) in [5, 5.41) is 0. The Balaban J connectivity index is 1.54. The predicted octanol–water partition coefficient (Wildman–Crippen LogP) is 2.98. The molecule has 0 unspecified atom stereocenters. The maximum Gasteiger partial charge on any atom is 0.337 e. The second-order valence-electron chi connectivity index (χ2n) is 6.91. The Morgan fingerprint density at radius 2 is 1.72 bits per heavy atom. The fraction of sp³-hybridized carbons (Fsp3) is 0.304.